The Hall–Kier alpha value is 0.180. The fraction of sp³-hybridized carbons (Fsp3) is 0.250. The van der Waals surface area contributed by atoms with Crippen LogP contribution in [0.5, 0.6) is 0 Å². The molecular formula is C4H4BrClO. The molecule has 0 saturated heterocycles. The van der Waals surface area contributed by atoms with Gasteiger partial charge in [0.25, 0.3) is 0 Å². The second-order valence-corrected chi connectivity index (χ2v) is 1.91. The van der Waals surface area contributed by atoms with Gasteiger partial charge in [-0.1, -0.05) is 22.5 Å². The molecule has 0 aliphatic carbocycles. The van der Waals surface area contributed by atoms with E-state index < -0.39 is 5.24 Å². The van der Waals surface area contributed by atoms with E-state index in [0.717, 1.165) is 0 Å². The highest BCUT2D eigenvalue weighted by Gasteiger charge is 1.96. The van der Waals surface area contributed by atoms with Crippen LogP contribution in [-0.2, 0) is 4.79 Å². The first-order valence-electron chi connectivity index (χ1n) is 1.62. The van der Waals surface area contributed by atoms with E-state index in [1.54, 1.807) is 0 Å². The SMILES string of the molecule is C=C(CBr)C(=O)Cl. The first kappa shape index (κ1) is 7.18. The van der Waals surface area contributed by atoms with Crippen LogP contribution < -0.4 is 0 Å². The molecule has 40 valence electrons. The molecule has 0 atom stereocenters. The number of rotatable bonds is 2. The second kappa shape index (κ2) is 3.22. The standard InChI is InChI=1S/C4H4BrClO/c1-3(2-5)4(6)7/h1-2H2. The molecule has 0 bridgehead atoms. The lowest BCUT2D eigenvalue weighted by Gasteiger charge is -1.85. The molecule has 0 amide bonds. The van der Waals surface area contributed by atoms with Crippen LogP contribution in [0.15, 0.2) is 12.2 Å². The van der Waals surface area contributed by atoms with Crippen molar-refractivity contribution >= 4 is 32.8 Å². The molecule has 0 aliphatic heterocycles. The number of allylic oxidation sites excluding steroid dienone is 1. The zero-order chi connectivity index (χ0) is 5.86. The molecule has 0 aliphatic rings. The highest BCUT2D eigenvalue weighted by atomic mass is 79.9. The van der Waals surface area contributed by atoms with Gasteiger partial charge in [0.15, 0.2) is 0 Å². The number of carbonyl (C=O) groups is 1. The van der Waals surface area contributed by atoms with Crippen LogP contribution in [0.4, 0.5) is 0 Å². The van der Waals surface area contributed by atoms with Crippen molar-refractivity contribution in [2.75, 3.05) is 5.33 Å². The van der Waals surface area contributed by atoms with Gasteiger partial charge in [0, 0.05) is 10.9 Å². The maximum absolute atomic E-state index is 10.0. The second-order valence-electron chi connectivity index (χ2n) is 1.01. The molecule has 0 unspecified atom stereocenters. The molecule has 0 spiro atoms. The van der Waals surface area contributed by atoms with E-state index in [4.69, 9.17) is 11.6 Å². The minimum absolute atomic E-state index is 0.390. The molecule has 1 nitrogen and oxygen atoms in total. The predicted molar refractivity (Wildman–Crippen MR) is 33.8 cm³/mol. The molecule has 0 heterocycles. The summed E-state index contributed by atoms with van der Waals surface area (Å²) in [5, 5.41) is -0.0214. The molecule has 0 fully saturated rings. The first-order valence-corrected chi connectivity index (χ1v) is 3.12. The van der Waals surface area contributed by atoms with E-state index in [9.17, 15) is 4.79 Å². The van der Waals surface area contributed by atoms with Crippen molar-refractivity contribution in [3.63, 3.8) is 0 Å². The Morgan fingerprint density at radius 1 is 1.86 bits per heavy atom. The van der Waals surface area contributed by atoms with Gasteiger partial charge in [-0.15, -0.1) is 0 Å². The number of halogens is 2. The Morgan fingerprint density at radius 2 is 2.29 bits per heavy atom. The molecule has 0 radical (unpaired) electrons. The van der Waals surface area contributed by atoms with Crippen molar-refractivity contribution in [1.29, 1.82) is 0 Å². The van der Waals surface area contributed by atoms with Crippen molar-refractivity contribution in [3.05, 3.63) is 12.2 Å². The molecule has 0 aromatic heterocycles. The third-order valence-electron chi connectivity index (χ3n) is 0.439. The molecule has 0 aromatic carbocycles. The van der Waals surface area contributed by atoms with Crippen molar-refractivity contribution in [3.8, 4) is 0 Å². The molecule has 0 aromatic rings. The van der Waals surface area contributed by atoms with E-state index >= 15 is 0 Å². The van der Waals surface area contributed by atoms with Gasteiger partial charge in [-0.2, -0.15) is 0 Å². The summed E-state index contributed by atoms with van der Waals surface area (Å²) in [6.45, 7) is 3.34. The average Bonchev–Trinajstić information content (AvgIpc) is 1.65. The molecule has 0 saturated carbocycles. The summed E-state index contributed by atoms with van der Waals surface area (Å²) < 4.78 is 0. The summed E-state index contributed by atoms with van der Waals surface area (Å²) >= 11 is 7.97. The maximum atomic E-state index is 10.0. The van der Waals surface area contributed by atoms with Crippen molar-refractivity contribution in [2.24, 2.45) is 0 Å². The summed E-state index contributed by atoms with van der Waals surface area (Å²) in [4.78, 5) is 10.0. The van der Waals surface area contributed by atoms with Crippen LogP contribution in [-0.4, -0.2) is 10.6 Å². The van der Waals surface area contributed by atoms with Crippen LogP contribution in [0.3, 0.4) is 0 Å². The minimum atomic E-state index is -0.475. The van der Waals surface area contributed by atoms with E-state index in [0.29, 0.717) is 10.9 Å². The van der Waals surface area contributed by atoms with Crippen LogP contribution in [0, 0.1) is 0 Å². The fourth-order valence-electron chi connectivity index (χ4n) is 0.0525. The van der Waals surface area contributed by atoms with Gasteiger partial charge in [0.1, 0.15) is 0 Å². The number of carbonyl (C=O) groups excluding carboxylic acids is 1. The van der Waals surface area contributed by atoms with Crippen LogP contribution in [0.2, 0.25) is 0 Å². The summed E-state index contributed by atoms with van der Waals surface area (Å²) in [6, 6.07) is 0. The number of hydrogen-bond acceptors (Lipinski definition) is 1. The van der Waals surface area contributed by atoms with Crippen molar-refractivity contribution in [2.45, 2.75) is 0 Å². The van der Waals surface area contributed by atoms with Crippen LogP contribution >= 0.6 is 27.5 Å². The van der Waals surface area contributed by atoms with Crippen molar-refractivity contribution in [1.82, 2.24) is 0 Å². The number of hydrogen-bond donors (Lipinski definition) is 0. The normalized spacial score (nSPS) is 8.29. The number of alkyl halides is 1. The third kappa shape index (κ3) is 2.83. The van der Waals surface area contributed by atoms with Gasteiger partial charge in [0.05, 0.1) is 0 Å². The lowest BCUT2D eigenvalue weighted by atomic mass is 10.4. The Kier molecular flexibility index (Phi) is 3.30. The van der Waals surface area contributed by atoms with Gasteiger partial charge >= 0.3 is 0 Å². The van der Waals surface area contributed by atoms with Gasteiger partial charge in [-0.05, 0) is 11.6 Å². The highest BCUT2D eigenvalue weighted by molar-refractivity contribution is 9.09. The zero-order valence-electron chi connectivity index (χ0n) is 3.58. The zero-order valence-corrected chi connectivity index (χ0v) is 5.92. The first-order chi connectivity index (χ1) is 3.18. The monoisotopic (exact) mass is 182 g/mol. The summed E-state index contributed by atoms with van der Waals surface area (Å²) in [5.74, 6) is 0. The lowest BCUT2D eigenvalue weighted by molar-refractivity contribution is -0.108. The van der Waals surface area contributed by atoms with Gasteiger partial charge in [-0.25, -0.2) is 0 Å². The lowest BCUT2D eigenvalue weighted by Crippen LogP contribution is -1.90. The molecule has 7 heavy (non-hydrogen) atoms. The molecule has 3 heteroatoms. The largest absolute Gasteiger partial charge is 0.276 e. The minimum Gasteiger partial charge on any atom is -0.276 e. The Labute approximate surface area is 55.5 Å². The van der Waals surface area contributed by atoms with Crippen LogP contribution in [0.1, 0.15) is 0 Å². The van der Waals surface area contributed by atoms with E-state index in [2.05, 4.69) is 22.5 Å². The van der Waals surface area contributed by atoms with Gasteiger partial charge in [-0.3, -0.25) is 4.79 Å². The summed E-state index contributed by atoms with van der Waals surface area (Å²) in [7, 11) is 0. The Bertz CT molecular complexity index is 99.9. The van der Waals surface area contributed by atoms with E-state index in [1.165, 1.54) is 0 Å². The van der Waals surface area contributed by atoms with Crippen molar-refractivity contribution < 1.29 is 4.79 Å². The Balaban J connectivity index is 3.58. The van der Waals surface area contributed by atoms with Gasteiger partial charge in [0.2, 0.25) is 5.24 Å². The summed E-state index contributed by atoms with van der Waals surface area (Å²) in [6.07, 6.45) is 0. The topological polar surface area (TPSA) is 17.1 Å². The smallest absolute Gasteiger partial charge is 0.248 e. The van der Waals surface area contributed by atoms with E-state index in [1.807, 2.05) is 0 Å². The average molecular weight is 183 g/mol. The highest BCUT2D eigenvalue weighted by Crippen LogP contribution is 1.99. The van der Waals surface area contributed by atoms with Gasteiger partial charge < -0.3 is 0 Å². The van der Waals surface area contributed by atoms with Crippen LogP contribution in [0.25, 0.3) is 0 Å². The molecule has 0 rings (SSSR count). The predicted octanol–water partition coefficient (Wildman–Crippen LogP) is 1.70. The summed E-state index contributed by atoms with van der Waals surface area (Å²) in [5.41, 5.74) is 0.390. The fourth-order valence-corrected chi connectivity index (χ4v) is 0.535. The Morgan fingerprint density at radius 3 is 2.29 bits per heavy atom. The third-order valence-corrected chi connectivity index (χ3v) is 1.38. The molecular weight excluding hydrogens is 179 g/mol. The molecule has 0 N–H and O–H groups in total. The quantitative estimate of drug-likeness (QED) is 0.362. The maximum Gasteiger partial charge on any atom is 0.248 e. The van der Waals surface area contributed by atoms with E-state index in [-0.39, 0.29) is 0 Å².